The van der Waals surface area contributed by atoms with E-state index in [9.17, 15) is 4.79 Å². The zero-order valence-electron chi connectivity index (χ0n) is 24.2. The van der Waals surface area contributed by atoms with Crippen LogP contribution in [0.15, 0.2) is 60.7 Å². The number of carbonyl (C=O) groups is 1. The number of rotatable bonds is 4. The highest BCUT2D eigenvalue weighted by Crippen LogP contribution is 2.31. The molecule has 4 heterocycles. The Kier molecular flexibility index (Phi) is 9.26. The molecule has 0 saturated carbocycles. The number of likely N-dealkylation sites (tertiary alicyclic amines) is 2. The molecule has 0 radical (unpaired) electrons. The van der Waals surface area contributed by atoms with Crippen molar-refractivity contribution in [2.45, 2.75) is 102 Å². The number of piperidine rings is 2. The van der Waals surface area contributed by atoms with Crippen LogP contribution in [0, 0.1) is 0 Å². The molecule has 4 unspecified atom stereocenters. The third-order valence-electron chi connectivity index (χ3n) is 8.44. The first-order valence-corrected chi connectivity index (χ1v) is 15.1. The lowest BCUT2D eigenvalue weighted by Gasteiger charge is -2.50. The molecule has 4 saturated heterocycles. The lowest BCUT2D eigenvalue weighted by Crippen LogP contribution is -2.62. The first-order valence-electron chi connectivity index (χ1n) is 15.1. The third kappa shape index (κ3) is 8.06. The van der Waals surface area contributed by atoms with Crippen LogP contribution in [0.25, 0.3) is 0 Å². The zero-order valence-corrected chi connectivity index (χ0v) is 24.2. The Morgan fingerprint density at radius 1 is 0.744 bits per heavy atom. The number of fused-ring (bicyclic) bond motifs is 4. The standard InChI is InChI=1S/C19H28N2O2.C14H20N2/c1-19(2,3)23-18(22)21-16-10-7-11-17(21)14-20(13-16)12-15-8-5-4-6-9-15;1-2-5-12(6-3-1)9-16-10-13-7-4-8-14(11-16)15-13/h4-6,8-9,16-17H,7,10-14H2,1-3H3;1-3,5-6,13-15H,4,7-11H2. The largest absolute Gasteiger partial charge is 0.444 e. The molecule has 0 spiro atoms. The van der Waals surface area contributed by atoms with Gasteiger partial charge in [-0.1, -0.05) is 67.1 Å². The summed E-state index contributed by atoms with van der Waals surface area (Å²) in [6.07, 6.45) is 7.40. The molecule has 0 aromatic heterocycles. The van der Waals surface area contributed by atoms with Crippen molar-refractivity contribution in [2.75, 3.05) is 26.2 Å². The van der Waals surface area contributed by atoms with Crippen LogP contribution in [0.4, 0.5) is 4.79 Å². The van der Waals surface area contributed by atoms with E-state index in [1.807, 2.05) is 25.7 Å². The topological polar surface area (TPSA) is 48.1 Å². The summed E-state index contributed by atoms with van der Waals surface area (Å²) in [4.78, 5) is 19.7. The van der Waals surface area contributed by atoms with Crippen molar-refractivity contribution in [2.24, 2.45) is 0 Å². The SMILES string of the molecule is CC(C)(C)OC(=O)N1C2CCCC1CN(Cc1ccccc1)C2.c1ccc(CN2CC3CCCC(C2)N3)cc1. The number of carbonyl (C=O) groups excluding carboxylic acids is 1. The van der Waals surface area contributed by atoms with Gasteiger partial charge in [0.2, 0.25) is 0 Å². The van der Waals surface area contributed by atoms with Crippen molar-refractivity contribution < 1.29 is 9.53 Å². The molecule has 0 aliphatic carbocycles. The summed E-state index contributed by atoms with van der Waals surface area (Å²) in [7, 11) is 0. The van der Waals surface area contributed by atoms with Gasteiger partial charge in [-0.3, -0.25) is 14.7 Å². The Bertz CT molecular complexity index is 1010. The van der Waals surface area contributed by atoms with Gasteiger partial charge in [0.1, 0.15) is 5.60 Å². The second-order valence-electron chi connectivity index (χ2n) is 13.0. The van der Waals surface area contributed by atoms with Gasteiger partial charge in [0.25, 0.3) is 0 Å². The summed E-state index contributed by atoms with van der Waals surface area (Å²) in [5, 5.41) is 3.73. The highest BCUT2D eigenvalue weighted by Gasteiger charge is 2.41. The summed E-state index contributed by atoms with van der Waals surface area (Å²) in [6, 6.07) is 23.5. The van der Waals surface area contributed by atoms with Gasteiger partial charge in [-0.2, -0.15) is 0 Å². The maximum absolute atomic E-state index is 12.6. The van der Waals surface area contributed by atoms with Crippen LogP contribution in [-0.2, 0) is 17.8 Å². The molecule has 4 fully saturated rings. The molecule has 2 aromatic carbocycles. The fourth-order valence-electron chi connectivity index (χ4n) is 6.85. The van der Waals surface area contributed by atoms with Crippen LogP contribution in [-0.4, -0.2) is 76.7 Å². The number of hydrogen-bond donors (Lipinski definition) is 1. The molecule has 39 heavy (non-hydrogen) atoms. The van der Waals surface area contributed by atoms with Gasteiger partial charge < -0.3 is 10.1 Å². The van der Waals surface area contributed by atoms with Crippen molar-refractivity contribution >= 4 is 6.09 Å². The number of benzene rings is 2. The van der Waals surface area contributed by atoms with Crippen LogP contribution in [0.3, 0.4) is 0 Å². The molecule has 4 aliphatic rings. The predicted molar refractivity (Wildman–Crippen MR) is 158 cm³/mol. The monoisotopic (exact) mass is 532 g/mol. The Morgan fingerprint density at radius 2 is 1.21 bits per heavy atom. The summed E-state index contributed by atoms with van der Waals surface area (Å²) >= 11 is 0. The molecule has 1 N–H and O–H groups in total. The minimum Gasteiger partial charge on any atom is -0.444 e. The number of ether oxygens (including phenoxy) is 1. The van der Waals surface area contributed by atoms with Crippen LogP contribution < -0.4 is 5.32 Å². The predicted octanol–water partition coefficient (Wildman–Crippen LogP) is 5.67. The maximum Gasteiger partial charge on any atom is 0.410 e. The van der Waals surface area contributed by atoms with E-state index in [0.717, 1.165) is 51.1 Å². The molecular formula is C33H48N4O2. The number of piperazine rings is 2. The van der Waals surface area contributed by atoms with Crippen molar-refractivity contribution in [3.05, 3.63) is 71.8 Å². The van der Waals surface area contributed by atoms with Crippen LogP contribution in [0.1, 0.15) is 70.4 Å². The highest BCUT2D eigenvalue weighted by molar-refractivity contribution is 5.69. The Labute approximate surface area is 235 Å². The van der Waals surface area contributed by atoms with E-state index >= 15 is 0 Å². The minimum atomic E-state index is -0.424. The van der Waals surface area contributed by atoms with Gasteiger partial charge in [-0.25, -0.2) is 4.79 Å². The number of nitrogens with zero attached hydrogens (tertiary/aromatic N) is 3. The van der Waals surface area contributed by atoms with Gasteiger partial charge in [0.15, 0.2) is 0 Å². The summed E-state index contributed by atoms with van der Waals surface area (Å²) in [5.41, 5.74) is 2.37. The van der Waals surface area contributed by atoms with E-state index in [1.165, 1.54) is 49.9 Å². The van der Waals surface area contributed by atoms with Crippen molar-refractivity contribution in [1.82, 2.24) is 20.0 Å². The second kappa shape index (κ2) is 12.8. The van der Waals surface area contributed by atoms with E-state index in [2.05, 4.69) is 75.8 Å². The highest BCUT2D eigenvalue weighted by atomic mass is 16.6. The Hall–Kier alpha value is -2.41. The summed E-state index contributed by atoms with van der Waals surface area (Å²) < 4.78 is 5.64. The number of amides is 1. The quantitative estimate of drug-likeness (QED) is 0.550. The molecule has 212 valence electrons. The van der Waals surface area contributed by atoms with E-state index in [-0.39, 0.29) is 6.09 Å². The Morgan fingerprint density at radius 3 is 1.69 bits per heavy atom. The maximum atomic E-state index is 12.6. The lowest BCUT2D eigenvalue weighted by molar-refractivity contribution is -0.0390. The van der Waals surface area contributed by atoms with Crippen molar-refractivity contribution in [1.29, 1.82) is 0 Å². The summed E-state index contributed by atoms with van der Waals surface area (Å²) in [5.74, 6) is 0. The average Bonchev–Trinajstić information content (AvgIpc) is 2.89. The van der Waals surface area contributed by atoms with Crippen molar-refractivity contribution in [3.63, 3.8) is 0 Å². The summed E-state index contributed by atoms with van der Waals surface area (Å²) in [6.45, 7) is 12.3. The normalized spacial score (nSPS) is 27.3. The van der Waals surface area contributed by atoms with Gasteiger partial charge in [0, 0.05) is 63.4 Å². The molecule has 4 bridgehead atoms. The average molecular weight is 533 g/mol. The lowest BCUT2D eigenvalue weighted by atomic mass is 9.91. The van der Waals surface area contributed by atoms with E-state index in [1.54, 1.807) is 0 Å². The van der Waals surface area contributed by atoms with Crippen molar-refractivity contribution in [3.8, 4) is 0 Å². The molecule has 2 aromatic rings. The van der Waals surface area contributed by atoms with Gasteiger partial charge >= 0.3 is 6.09 Å². The second-order valence-corrected chi connectivity index (χ2v) is 13.0. The van der Waals surface area contributed by atoms with E-state index in [4.69, 9.17) is 4.74 Å². The third-order valence-corrected chi connectivity index (χ3v) is 8.44. The first-order chi connectivity index (χ1) is 18.8. The fourth-order valence-corrected chi connectivity index (χ4v) is 6.85. The smallest absolute Gasteiger partial charge is 0.410 e. The molecule has 6 nitrogen and oxygen atoms in total. The Balaban J connectivity index is 0.000000168. The van der Waals surface area contributed by atoms with Crippen LogP contribution in [0.2, 0.25) is 0 Å². The molecular weight excluding hydrogens is 484 g/mol. The first kappa shape index (κ1) is 28.1. The van der Waals surface area contributed by atoms with Crippen LogP contribution >= 0.6 is 0 Å². The molecule has 6 rings (SSSR count). The van der Waals surface area contributed by atoms with Gasteiger partial charge in [-0.05, 0) is 64.0 Å². The van der Waals surface area contributed by atoms with Crippen LogP contribution in [0.5, 0.6) is 0 Å². The van der Waals surface area contributed by atoms with E-state index in [0.29, 0.717) is 12.1 Å². The van der Waals surface area contributed by atoms with Gasteiger partial charge in [-0.15, -0.1) is 0 Å². The molecule has 4 atom stereocenters. The molecule has 4 aliphatic heterocycles. The zero-order chi connectivity index (χ0) is 27.2. The van der Waals surface area contributed by atoms with Gasteiger partial charge in [0.05, 0.1) is 0 Å². The van der Waals surface area contributed by atoms with E-state index < -0.39 is 5.60 Å². The fraction of sp³-hybridized carbons (Fsp3) is 0.606. The number of nitrogens with one attached hydrogen (secondary N) is 1. The molecule has 1 amide bonds. The molecule has 6 heteroatoms. The number of hydrogen-bond acceptors (Lipinski definition) is 5. The minimum absolute atomic E-state index is 0.133.